The second-order valence-electron chi connectivity index (χ2n) is 6.80. The van der Waals surface area contributed by atoms with Crippen LogP contribution in [0.3, 0.4) is 0 Å². The largest absolute Gasteiger partial charge is 0.481 e. The van der Waals surface area contributed by atoms with Crippen LogP contribution in [0.4, 0.5) is 10.5 Å². The Labute approximate surface area is 142 Å². The number of carbonyl (C=O) groups is 3. The lowest BCUT2D eigenvalue weighted by Gasteiger charge is -2.23. The number of carboxylic acids is 1. The number of amides is 3. The molecule has 24 heavy (non-hydrogen) atoms. The summed E-state index contributed by atoms with van der Waals surface area (Å²) in [6.07, 6.45) is 0. The molecule has 1 unspecified atom stereocenters. The van der Waals surface area contributed by atoms with E-state index in [-0.39, 0.29) is 12.5 Å². The van der Waals surface area contributed by atoms with Gasteiger partial charge in [-0.15, -0.1) is 0 Å². The minimum Gasteiger partial charge on any atom is -0.481 e. The van der Waals surface area contributed by atoms with Crippen LogP contribution in [0, 0.1) is 5.92 Å². The second-order valence-corrected chi connectivity index (χ2v) is 6.80. The smallest absolute Gasteiger partial charge is 0.321 e. The van der Waals surface area contributed by atoms with Crippen LogP contribution in [-0.4, -0.2) is 47.0 Å². The predicted molar refractivity (Wildman–Crippen MR) is 92.1 cm³/mol. The summed E-state index contributed by atoms with van der Waals surface area (Å²) in [5, 5.41) is 14.4. The van der Waals surface area contributed by atoms with Crippen LogP contribution >= 0.6 is 0 Å². The highest BCUT2D eigenvalue weighted by molar-refractivity contribution is 6.03. The van der Waals surface area contributed by atoms with Gasteiger partial charge in [0.2, 0.25) is 0 Å². The van der Waals surface area contributed by atoms with Gasteiger partial charge in [-0.05, 0) is 32.9 Å². The third kappa shape index (κ3) is 5.91. The number of aliphatic carboxylic acids is 1. The highest BCUT2D eigenvalue weighted by Crippen LogP contribution is 2.17. The fourth-order valence-corrected chi connectivity index (χ4v) is 1.98. The highest BCUT2D eigenvalue weighted by Gasteiger charge is 2.21. The number of urea groups is 1. The van der Waals surface area contributed by atoms with Crippen molar-refractivity contribution in [2.75, 3.05) is 18.9 Å². The third-order valence-corrected chi connectivity index (χ3v) is 3.22. The van der Waals surface area contributed by atoms with Gasteiger partial charge in [-0.25, -0.2) is 4.79 Å². The van der Waals surface area contributed by atoms with Crippen LogP contribution in [-0.2, 0) is 4.79 Å². The Hall–Kier alpha value is -2.57. The van der Waals surface area contributed by atoms with Crippen molar-refractivity contribution in [3.63, 3.8) is 0 Å². The molecular formula is C17H25N3O4. The summed E-state index contributed by atoms with van der Waals surface area (Å²) < 4.78 is 0. The number of carboxylic acid groups (broad SMARTS) is 1. The van der Waals surface area contributed by atoms with Gasteiger partial charge in [-0.3, -0.25) is 9.59 Å². The van der Waals surface area contributed by atoms with Crippen LogP contribution < -0.4 is 10.6 Å². The molecular weight excluding hydrogens is 310 g/mol. The van der Waals surface area contributed by atoms with Crippen molar-refractivity contribution >= 4 is 23.6 Å². The summed E-state index contributed by atoms with van der Waals surface area (Å²) in [7, 11) is 1.51. The number of para-hydroxylation sites is 1. The molecule has 0 aliphatic carbocycles. The van der Waals surface area contributed by atoms with Crippen molar-refractivity contribution in [1.82, 2.24) is 10.2 Å². The molecule has 0 heterocycles. The van der Waals surface area contributed by atoms with E-state index in [4.69, 9.17) is 5.11 Å². The molecule has 0 saturated carbocycles. The Morgan fingerprint density at radius 1 is 1.21 bits per heavy atom. The highest BCUT2D eigenvalue weighted by atomic mass is 16.4. The van der Waals surface area contributed by atoms with E-state index in [1.807, 2.05) is 20.8 Å². The number of nitrogens with zero attached hydrogens (tertiary/aromatic N) is 1. The molecule has 0 bridgehead atoms. The fourth-order valence-electron chi connectivity index (χ4n) is 1.98. The maximum absolute atomic E-state index is 12.3. The molecule has 3 N–H and O–H groups in total. The number of rotatable bonds is 5. The lowest BCUT2D eigenvalue weighted by Crippen LogP contribution is -2.41. The van der Waals surface area contributed by atoms with E-state index in [9.17, 15) is 14.4 Å². The van der Waals surface area contributed by atoms with Gasteiger partial charge in [-0.1, -0.05) is 19.1 Å². The summed E-state index contributed by atoms with van der Waals surface area (Å²) in [6.45, 7) is 7.20. The monoisotopic (exact) mass is 335 g/mol. The minimum absolute atomic E-state index is 0.0670. The van der Waals surface area contributed by atoms with Crippen molar-refractivity contribution in [2.45, 2.75) is 33.2 Å². The zero-order valence-corrected chi connectivity index (χ0v) is 14.7. The molecule has 0 aliphatic heterocycles. The van der Waals surface area contributed by atoms with Crippen LogP contribution in [0.5, 0.6) is 0 Å². The van der Waals surface area contributed by atoms with E-state index in [1.165, 1.54) is 18.9 Å². The Morgan fingerprint density at radius 3 is 2.33 bits per heavy atom. The SMILES string of the molecule is CC(CN(C)C(=O)Nc1ccccc1C(=O)NC(C)(C)C)C(=O)O. The van der Waals surface area contributed by atoms with Crippen molar-refractivity contribution in [1.29, 1.82) is 0 Å². The van der Waals surface area contributed by atoms with Crippen LogP contribution in [0.2, 0.25) is 0 Å². The van der Waals surface area contributed by atoms with Gasteiger partial charge in [0.05, 0.1) is 17.2 Å². The van der Waals surface area contributed by atoms with Crippen molar-refractivity contribution in [3.8, 4) is 0 Å². The molecule has 7 nitrogen and oxygen atoms in total. The molecule has 132 valence electrons. The Balaban J connectivity index is 2.86. The van der Waals surface area contributed by atoms with Crippen molar-refractivity contribution in [2.24, 2.45) is 5.92 Å². The first-order chi connectivity index (χ1) is 11.0. The summed E-state index contributed by atoms with van der Waals surface area (Å²) in [4.78, 5) is 36.7. The Kier molecular flexibility index (Phi) is 6.34. The van der Waals surface area contributed by atoms with Gasteiger partial charge in [0.15, 0.2) is 0 Å². The molecule has 0 radical (unpaired) electrons. The van der Waals surface area contributed by atoms with E-state index in [1.54, 1.807) is 24.3 Å². The molecule has 7 heteroatoms. The van der Waals surface area contributed by atoms with Gasteiger partial charge in [-0.2, -0.15) is 0 Å². The molecule has 1 aromatic rings. The molecule has 3 amide bonds. The zero-order valence-electron chi connectivity index (χ0n) is 14.7. The summed E-state index contributed by atoms with van der Waals surface area (Å²) in [5.41, 5.74) is 0.321. The number of carbonyl (C=O) groups excluding carboxylic acids is 2. The zero-order chi connectivity index (χ0) is 18.5. The number of hydrogen-bond acceptors (Lipinski definition) is 3. The maximum atomic E-state index is 12.3. The number of anilines is 1. The molecule has 1 atom stereocenters. The Bertz CT molecular complexity index is 623. The lowest BCUT2D eigenvalue weighted by molar-refractivity contribution is -0.141. The van der Waals surface area contributed by atoms with Crippen LogP contribution in [0.15, 0.2) is 24.3 Å². The van der Waals surface area contributed by atoms with E-state index in [2.05, 4.69) is 10.6 Å². The predicted octanol–water partition coefficient (Wildman–Crippen LogP) is 2.40. The molecule has 1 rings (SSSR count). The van der Waals surface area contributed by atoms with Crippen molar-refractivity contribution in [3.05, 3.63) is 29.8 Å². The topological polar surface area (TPSA) is 98.7 Å². The Morgan fingerprint density at radius 2 is 1.79 bits per heavy atom. The van der Waals surface area contributed by atoms with Crippen LogP contribution in [0.25, 0.3) is 0 Å². The molecule has 0 saturated heterocycles. The number of nitrogens with one attached hydrogen (secondary N) is 2. The normalized spacial score (nSPS) is 12.2. The fraction of sp³-hybridized carbons (Fsp3) is 0.471. The van der Waals surface area contributed by atoms with Crippen molar-refractivity contribution < 1.29 is 19.5 Å². The van der Waals surface area contributed by atoms with Gasteiger partial charge in [0, 0.05) is 19.1 Å². The minimum atomic E-state index is -0.973. The second kappa shape index (κ2) is 7.81. The summed E-state index contributed by atoms with van der Waals surface area (Å²) in [6, 6.07) is 6.20. The first-order valence-electron chi connectivity index (χ1n) is 7.67. The van der Waals surface area contributed by atoms with Gasteiger partial charge in [0.1, 0.15) is 0 Å². The molecule has 1 aromatic carbocycles. The van der Waals surface area contributed by atoms with Gasteiger partial charge >= 0.3 is 12.0 Å². The molecule has 0 spiro atoms. The molecule has 0 fully saturated rings. The van der Waals surface area contributed by atoms with Gasteiger partial charge in [0.25, 0.3) is 5.91 Å². The molecule has 0 aliphatic rings. The summed E-state index contributed by atoms with van der Waals surface area (Å²) >= 11 is 0. The van der Waals surface area contributed by atoms with Crippen LogP contribution in [0.1, 0.15) is 38.1 Å². The number of benzene rings is 1. The maximum Gasteiger partial charge on any atom is 0.321 e. The van der Waals surface area contributed by atoms with E-state index >= 15 is 0 Å². The van der Waals surface area contributed by atoms with E-state index < -0.39 is 23.5 Å². The summed E-state index contributed by atoms with van der Waals surface area (Å²) in [5.74, 6) is -1.94. The standard InChI is InChI=1S/C17H25N3O4/c1-11(15(22)23)10-20(5)16(24)18-13-9-7-6-8-12(13)14(21)19-17(2,3)4/h6-9,11H,10H2,1-5H3,(H,18,24)(H,19,21)(H,22,23). The van der Waals surface area contributed by atoms with E-state index in [0.717, 1.165) is 0 Å². The average molecular weight is 335 g/mol. The van der Waals surface area contributed by atoms with Gasteiger partial charge < -0.3 is 20.6 Å². The number of hydrogen-bond donors (Lipinski definition) is 3. The first kappa shape index (κ1) is 19.5. The molecule has 0 aromatic heterocycles. The lowest BCUT2D eigenvalue weighted by atomic mass is 10.1. The average Bonchev–Trinajstić information content (AvgIpc) is 2.45. The van der Waals surface area contributed by atoms with E-state index in [0.29, 0.717) is 11.3 Å². The third-order valence-electron chi connectivity index (χ3n) is 3.22. The quantitative estimate of drug-likeness (QED) is 0.769. The first-order valence-corrected chi connectivity index (χ1v) is 7.67.